The summed E-state index contributed by atoms with van der Waals surface area (Å²) >= 11 is 0. The van der Waals surface area contributed by atoms with Gasteiger partial charge in [0.15, 0.2) is 11.4 Å². The fourth-order valence-electron chi connectivity index (χ4n) is 3.61. The Morgan fingerprint density at radius 1 is 1.03 bits per heavy atom. The van der Waals surface area contributed by atoms with Crippen molar-refractivity contribution in [1.29, 1.82) is 0 Å². The van der Waals surface area contributed by atoms with Crippen LogP contribution in [0, 0.1) is 0 Å². The normalized spacial score (nSPS) is 15.6. The Balaban J connectivity index is 1.35. The second-order valence-electron chi connectivity index (χ2n) is 7.13. The maximum absolute atomic E-state index is 13.2. The van der Waals surface area contributed by atoms with Crippen molar-refractivity contribution in [2.45, 2.75) is 4.90 Å². The smallest absolute Gasteiger partial charge is 0.408 e. The maximum atomic E-state index is 13.2. The van der Waals surface area contributed by atoms with Crippen molar-refractivity contribution in [3.8, 4) is 5.82 Å². The largest absolute Gasteiger partial charge is 0.419 e. The molecule has 1 aliphatic rings. The lowest BCUT2D eigenvalue weighted by Gasteiger charge is -2.34. The summed E-state index contributed by atoms with van der Waals surface area (Å²) in [4.78, 5) is 22.4. The number of hydrogen-bond acceptors (Lipinski definition) is 8. The van der Waals surface area contributed by atoms with E-state index in [1.807, 2.05) is 17.0 Å². The van der Waals surface area contributed by atoms with Gasteiger partial charge in [-0.15, -0.1) is 0 Å². The zero-order valence-corrected chi connectivity index (χ0v) is 17.4. The molecule has 5 rings (SSSR count). The number of aryl methyl sites for hydroxylation is 1. The van der Waals surface area contributed by atoms with Crippen LogP contribution >= 0.6 is 0 Å². The number of rotatable bonds is 4. The van der Waals surface area contributed by atoms with E-state index >= 15 is 0 Å². The summed E-state index contributed by atoms with van der Waals surface area (Å²) in [5, 5.41) is 4.17. The molecule has 3 aromatic heterocycles. The first-order valence-electron chi connectivity index (χ1n) is 9.60. The lowest BCUT2D eigenvalue weighted by Crippen LogP contribution is -2.49. The average Bonchev–Trinajstić information content (AvgIpc) is 3.43. The fourth-order valence-corrected chi connectivity index (χ4v) is 5.06. The highest BCUT2D eigenvalue weighted by molar-refractivity contribution is 7.89. The van der Waals surface area contributed by atoms with Crippen LogP contribution in [0.5, 0.6) is 0 Å². The van der Waals surface area contributed by atoms with Gasteiger partial charge in [-0.3, -0.25) is 4.57 Å². The highest BCUT2D eigenvalue weighted by Crippen LogP contribution is 2.23. The van der Waals surface area contributed by atoms with Crippen LogP contribution in [0.4, 0.5) is 5.82 Å². The number of benzene rings is 1. The van der Waals surface area contributed by atoms with Crippen LogP contribution in [0.1, 0.15) is 0 Å². The van der Waals surface area contributed by atoms with Gasteiger partial charge in [0, 0.05) is 51.7 Å². The van der Waals surface area contributed by atoms with E-state index in [2.05, 4.69) is 15.1 Å². The minimum absolute atomic E-state index is 0.132. The number of oxazole rings is 1. The molecule has 11 nitrogen and oxygen atoms in total. The summed E-state index contributed by atoms with van der Waals surface area (Å²) in [5.41, 5.74) is 0.796. The highest BCUT2D eigenvalue weighted by Gasteiger charge is 2.29. The van der Waals surface area contributed by atoms with E-state index in [1.54, 1.807) is 24.1 Å². The Morgan fingerprint density at radius 3 is 2.55 bits per heavy atom. The molecule has 160 valence electrons. The molecule has 4 heterocycles. The van der Waals surface area contributed by atoms with Gasteiger partial charge in [-0.1, -0.05) is 0 Å². The molecule has 1 fully saturated rings. The summed E-state index contributed by atoms with van der Waals surface area (Å²) in [6.07, 6.45) is 4.94. The number of fused-ring (bicyclic) bond motifs is 1. The molecule has 0 N–H and O–H groups in total. The molecule has 1 saturated heterocycles. The molecule has 1 aromatic carbocycles. The van der Waals surface area contributed by atoms with E-state index in [9.17, 15) is 13.2 Å². The number of nitrogens with zero attached hydrogens (tertiary/aromatic N) is 7. The minimum atomic E-state index is -3.71. The van der Waals surface area contributed by atoms with Crippen LogP contribution in [0.2, 0.25) is 0 Å². The first-order valence-corrected chi connectivity index (χ1v) is 11.0. The molecule has 4 aromatic rings. The molecule has 0 radical (unpaired) electrons. The second kappa shape index (κ2) is 7.32. The van der Waals surface area contributed by atoms with Gasteiger partial charge in [-0.25, -0.2) is 27.9 Å². The first-order chi connectivity index (χ1) is 14.9. The van der Waals surface area contributed by atoms with Gasteiger partial charge in [0.2, 0.25) is 10.0 Å². The first kappa shape index (κ1) is 19.5. The third-order valence-corrected chi connectivity index (χ3v) is 7.24. The fraction of sp³-hybridized carbons (Fsp3) is 0.263. The molecule has 0 spiro atoms. The Bertz CT molecular complexity index is 1400. The van der Waals surface area contributed by atoms with Crippen molar-refractivity contribution in [2.75, 3.05) is 31.1 Å². The van der Waals surface area contributed by atoms with Crippen molar-refractivity contribution in [3.05, 3.63) is 59.6 Å². The van der Waals surface area contributed by atoms with Crippen LogP contribution in [-0.4, -0.2) is 63.2 Å². The monoisotopic (exact) mass is 441 g/mol. The molecule has 1 aliphatic heterocycles. The van der Waals surface area contributed by atoms with Gasteiger partial charge in [0.05, 0.1) is 10.4 Å². The maximum Gasteiger partial charge on any atom is 0.419 e. The molecule has 0 amide bonds. The van der Waals surface area contributed by atoms with E-state index in [0.29, 0.717) is 48.9 Å². The molecular weight excluding hydrogens is 422 g/mol. The molecule has 31 heavy (non-hydrogen) atoms. The Morgan fingerprint density at radius 2 is 1.81 bits per heavy atom. The van der Waals surface area contributed by atoms with Gasteiger partial charge < -0.3 is 9.32 Å². The van der Waals surface area contributed by atoms with E-state index in [4.69, 9.17) is 4.42 Å². The number of sulfonamides is 1. The average molecular weight is 441 g/mol. The molecule has 0 unspecified atom stereocenters. The summed E-state index contributed by atoms with van der Waals surface area (Å²) < 4.78 is 35.8. The third kappa shape index (κ3) is 3.39. The summed E-state index contributed by atoms with van der Waals surface area (Å²) in [7, 11) is -2.16. The molecular formula is C19H19N7O4S. The standard InChI is InChI=1S/C19H19N7O4S/c1-23-15-11-14(3-4-16(15)30-19(23)27)31(28,29)25-9-7-24(8-10-25)17-12-18(21-13-20-17)26-6-2-5-22-26/h2-6,11-13H,7-10H2,1H3. The highest BCUT2D eigenvalue weighted by atomic mass is 32.2. The predicted octanol–water partition coefficient (Wildman–Crippen LogP) is 0.618. The number of hydrogen-bond donors (Lipinski definition) is 0. The predicted molar refractivity (Wildman–Crippen MR) is 112 cm³/mol. The van der Waals surface area contributed by atoms with E-state index < -0.39 is 15.8 Å². The minimum Gasteiger partial charge on any atom is -0.408 e. The summed E-state index contributed by atoms with van der Waals surface area (Å²) in [6, 6.07) is 8.09. The second-order valence-corrected chi connectivity index (χ2v) is 9.07. The third-order valence-electron chi connectivity index (χ3n) is 5.34. The van der Waals surface area contributed by atoms with E-state index in [1.165, 1.54) is 33.4 Å². The summed E-state index contributed by atoms with van der Waals surface area (Å²) in [6.45, 7) is 1.60. The molecule has 0 aliphatic carbocycles. The Kier molecular flexibility index (Phi) is 4.59. The number of piperazine rings is 1. The lowest BCUT2D eigenvalue weighted by atomic mass is 10.3. The topological polar surface area (TPSA) is 119 Å². The van der Waals surface area contributed by atoms with Crippen LogP contribution in [0.3, 0.4) is 0 Å². The molecule has 0 saturated carbocycles. The van der Waals surface area contributed by atoms with E-state index in [0.717, 1.165) is 0 Å². The molecule has 12 heteroatoms. The zero-order chi connectivity index (χ0) is 21.6. The van der Waals surface area contributed by atoms with Crippen molar-refractivity contribution >= 4 is 26.9 Å². The van der Waals surface area contributed by atoms with Crippen molar-refractivity contribution < 1.29 is 12.8 Å². The Labute approximate surface area is 177 Å². The zero-order valence-electron chi connectivity index (χ0n) is 16.6. The number of anilines is 1. The molecule has 0 bridgehead atoms. The van der Waals surface area contributed by atoms with Gasteiger partial charge in [-0.2, -0.15) is 9.40 Å². The van der Waals surface area contributed by atoms with Crippen molar-refractivity contribution in [3.63, 3.8) is 0 Å². The van der Waals surface area contributed by atoms with Gasteiger partial charge in [-0.05, 0) is 24.3 Å². The van der Waals surface area contributed by atoms with Crippen LogP contribution in [-0.2, 0) is 17.1 Å². The van der Waals surface area contributed by atoms with Gasteiger partial charge >= 0.3 is 5.76 Å². The van der Waals surface area contributed by atoms with Gasteiger partial charge in [0.25, 0.3) is 0 Å². The molecule has 0 atom stereocenters. The van der Waals surface area contributed by atoms with E-state index in [-0.39, 0.29) is 4.90 Å². The number of aromatic nitrogens is 5. The van der Waals surface area contributed by atoms with Crippen molar-refractivity contribution in [1.82, 2.24) is 28.6 Å². The van der Waals surface area contributed by atoms with Crippen LogP contribution in [0.15, 0.2) is 63.2 Å². The lowest BCUT2D eigenvalue weighted by molar-refractivity contribution is 0.384. The van der Waals surface area contributed by atoms with Crippen molar-refractivity contribution in [2.24, 2.45) is 7.05 Å². The van der Waals surface area contributed by atoms with Gasteiger partial charge in [0.1, 0.15) is 12.1 Å². The summed E-state index contributed by atoms with van der Waals surface area (Å²) in [5.74, 6) is 0.828. The SMILES string of the molecule is Cn1c(=O)oc2ccc(S(=O)(=O)N3CCN(c4cc(-n5cccn5)ncn4)CC3)cc21. The van der Waals surface area contributed by atoms with Crippen LogP contribution < -0.4 is 10.7 Å². The Hall–Kier alpha value is -3.51. The quantitative estimate of drug-likeness (QED) is 0.452. The van der Waals surface area contributed by atoms with Crippen LogP contribution in [0.25, 0.3) is 16.9 Å².